The van der Waals surface area contributed by atoms with Gasteiger partial charge in [-0.25, -0.2) is 0 Å². The molecule has 0 aromatic heterocycles. The van der Waals surface area contributed by atoms with Crippen molar-refractivity contribution in [3.05, 3.63) is 11.1 Å². The Morgan fingerprint density at radius 2 is 2.33 bits per heavy atom. The van der Waals surface area contributed by atoms with E-state index in [0.29, 0.717) is 13.0 Å². The van der Waals surface area contributed by atoms with E-state index in [9.17, 15) is 4.79 Å². The molecule has 0 aromatic rings. The first-order valence-electron chi connectivity index (χ1n) is 3.91. The van der Waals surface area contributed by atoms with Crippen molar-refractivity contribution >= 4 is 21.8 Å². The van der Waals surface area contributed by atoms with E-state index < -0.39 is 0 Å². The van der Waals surface area contributed by atoms with E-state index in [1.807, 2.05) is 6.92 Å². The Morgan fingerprint density at radius 3 is 2.75 bits per heavy atom. The second kappa shape index (κ2) is 6.20. The largest absolute Gasteiger partial charge is 0.351 e. The van der Waals surface area contributed by atoms with Gasteiger partial charge in [0.1, 0.15) is 0 Å². The van der Waals surface area contributed by atoms with Gasteiger partial charge >= 0.3 is 0 Å². The van der Waals surface area contributed by atoms with Gasteiger partial charge < -0.3 is 11.1 Å². The average molecular weight is 235 g/mol. The van der Waals surface area contributed by atoms with Gasteiger partial charge in [0.25, 0.3) is 0 Å². The van der Waals surface area contributed by atoms with Gasteiger partial charge in [-0.1, -0.05) is 29.4 Å². The van der Waals surface area contributed by atoms with Crippen LogP contribution >= 0.6 is 15.9 Å². The zero-order valence-corrected chi connectivity index (χ0v) is 8.86. The molecule has 0 spiro atoms. The van der Waals surface area contributed by atoms with Crippen molar-refractivity contribution in [2.45, 2.75) is 25.8 Å². The molecule has 0 saturated heterocycles. The summed E-state index contributed by atoms with van der Waals surface area (Å²) in [4.78, 5) is 11.1. The second-order valence-electron chi connectivity index (χ2n) is 2.67. The summed E-state index contributed by atoms with van der Waals surface area (Å²) in [6, 6.07) is -0.0337. The van der Waals surface area contributed by atoms with E-state index in [1.54, 1.807) is 0 Å². The maximum atomic E-state index is 11.1. The molecule has 0 fully saturated rings. The van der Waals surface area contributed by atoms with Crippen LogP contribution in [0.1, 0.15) is 19.8 Å². The summed E-state index contributed by atoms with van der Waals surface area (Å²) in [5, 5.41) is 2.68. The van der Waals surface area contributed by atoms with Crippen LogP contribution in [0.25, 0.3) is 0 Å². The van der Waals surface area contributed by atoms with E-state index in [-0.39, 0.29) is 11.9 Å². The van der Waals surface area contributed by atoms with Crippen LogP contribution in [0.3, 0.4) is 0 Å². The number of carbonyl (C=O) groups is 1. The molecule has 0 aliphatic rings. The van der Waals surface area contributed by atoms with Crippen molar-refractivity contribution in [2.75, 3.05) is 6.54 Å². The second-order valence-corrected chi connectivity index (χ2v) is 3.79. The summed E-state index contributed by atoms with van der Waals surface area (Å²) in [6.07, 6.45) is 1.21. The van der Waals surface area contributed by atoms with Crippen molar-refractivity contribution in [1.82, 2.24) is 5.32 Å². The minimum atomic E-state index is -0.0337. The Hall–Kier alpha value is -0.350. The highest BCUT2D eigenvalue weighted by molar-refractivity contribution is 9.11. The molecule has 0 aliphatic heterocycles. The SMILES string of the molecule is C=C(Br)CNC(=O)CC(N)CC. The van der Waals surface area contributed by atoms with E-state index >= 15 is 0 Å². The third-order valence-corrected chi connectivity index (χ3v) is 1.73. The van der Waals surface area contributed by atoms with Crippen LogP contribution in [0.15, 0.2) is 11.1 Å². The van der Waals surface area contributed by atoms with Crippen LogP contribution < -0.4 is 11.1 Å². The number of nitrogens with one attached hydrogen (secondary N) is 1. The summed E-state index contributed by atoms with van der Waals surface area (Å²) in [5.74, 6) is -0.0232. The average Bonchev–Trinajstić information content (AvgIpc) is 2.00. The Kier molecular flexibility index (Phi) is 6.02. The molecule has 3 N–H and O–H groups in total. The van der Waals surface area contributed by atoms with Gasteiger partial charge in [-0.2, -0.15) is 0 Å². The normalized spacial score (nSPS) is 12.2. The first-order valence-corrected chi connectivity index (χ1v) is 4.71. The van der Waals surface area contributed by atoms with Crippen LogP contribution in [0.2, 0.25) is 0 Å². The minimum absolute atomic E-state index is 0.0232. The molecule has 1 unspecified atom stereocenters. The van der Waals surface area contributed by atoms with Gasteiger partial charge in [-0.3, -0.25) is 4.79 Å². The zero-order valence-electron chi connectivity index (χ0n) is 7.27. The monoisotopic (exact) mass is 234 g/mol. The van der Waals surface area contributed by atoms with Gasteiger partial charge in [-0.05, 0) is 6.42 Å². The third kappa shape index (κ3) is 6.37. The highest BCUT2D eigenvalue weighted by Gasteiger charge is 2.06. The van der Waals surface area contributed by atoms with Crippen molar-refractivity contribution in [2.24, 2.45) is 5.73 Å². The summed E-state index contributed by atoms with van der Waals surface area (Å²) >= 11 is 3.15. The van der Waals surface area contributed by atoms with E-state index in [1.165, 1.54) is 0 Å². The van der Waals surface area contributed by atoms with Gasteiger partial charge in [0.2, 0.25) is 5.91 Å². The molecule has 0 bridgehead atoms. The fourth-order valence-electron chi connectivity index (χ4n) is 0.649. The lowest BCUT2D eigenvalue weighted by Crippen LogP contribution is -2.31. The summed E-state index contributed by atoms with van der Waals surface area (Å²) < 4.78 is 0.765. The molecule has 0 aromatic carbocycles. The Balaban J connectivity index is 3.53. The summed E-state index contributed by atoms with van der Waals surface area (Å²) in [6.45, 7) is 6.02. The quantitative estimate of drug-likeness (QED) is 0.750. The predicted molar refractivity (Wildman–Crippen MR) is 54.0 cm³/mol. The Bertz CT molecular complexity index is 170. The molecule has 4 heteroatoms. The van der Waals surface area contributed by atoms with Crippen LogP contribution in [-0.4, -0.2) is 18.5 Å². The molecule has 1 amide bonds. The molecule has 0 saturated carbocycles. The van der Waals surface area contributed by atoms with Gasteiger partial charge in [0.05, 0.1) is 0 Å². The Morgan fingerprint density at radius 1 is 1.75 bits per heavy atom. The number of carbonyl (C=O) groups excluding carboxylic acids is 1. The van der Waals surface area contributed by atoms with E-state index in [4.69, 9.17) is 5.73 Å². The van der Waals surface area contributed by atoms with Crippen LogP contribution in [0, 0.1) is 0 Å². The van der Waals surface area contributed by atoms with Gasteiger partial charge in [0, 0.05) is 23.5 Å². The number of halogens is 1. The summed E-state index contributed by atoms with van der Waals surface area (Å²) in [5.41, 5.74) is 5.59. The lowest BCUT2D eigenvalue weighted by atomic mass is 10.1. The van der Waals surface area contributed by atoms with E-state index in [0.717, 1.165) is 10.9 Å². The molecule has 12 heavy (non-hydrogen) atoms. The molecule has 70 valence electrons. The number of rotatable bonds is 5. The Labute approximate surface area is 81.5 Å². The molecule has 0 aliphatic carbocycles. The van der Waals surface area contributed by atoms with Crippen molar-refractivity contribution in [3.63, 3.8) is 0 Å². The number of amides is 1. The highest BCUT2D eigenvalue weighted by atomic mass is 79.9. The molecular weight excluding hydrogens is 220 g/mol. The van der Waals surface area contributed by atoms with E-state index in [2.05, 4.69) is 27.8 Å². The smallest absolute Gasteiger partial charge is 0.221 e. The van der Waals surface area contributed by atoms with Crippen LogP contribution in [0.4, 0.5) is 0 Å². The maximum Gasteiger partial charge on any atom is 0.221 e. The van der Waals surface area contributed by atoms with Crippen LogP contribution in [-0.2, 0) is 4.79 Å². The first kappa shape index (κ1) is 11.6. The van der Waals surface area contributed by atoms with Crippen LogP contribution in [0.5, 0.6) is 0 Å². The fraction of sp³-hybridized carbons (Fsp3) is 0.625. The van der Waals surface area contributed by atoms with Gasteiger partial charge in [-0.15, -0.1) is 0 Å². The molecule has 0 rings (SSSR count). The lowest BCUT2D eigenvalue weighted by Gasteiger charge is -2.08. The number of hydrogen-bond donors (Lipinski definition) is 2. The third-order valence-electron chi connectivity index (χ3n) is 1.45. The molecular formula is C8H15BrN2O. The molecule has 3 nitrogen and oxygen atoms in total. The minimum Gasteiger partial charge on any atom is -0.351 e. The zero-order chi connectivity index (χ0) is 9.56. The standard InChI is InChI=1S/C8H15BrN2O/c1-3-7(10)4-8(12)11-5-6(2)9/h7H,2-5,10H2,1H3,(H,11,12). The van der Waals surface area contributed by atoms with Gasteiger partial charge in [0.15, 0.2) is 0 Å². The lowest BCUT2D eigenvalue weighted by molar-refractivity contribution is -0.121. The molecule has 0 heterocycles. The maximum absolute atomic E-state index is 11.1. The fourth-order valence-corrected chi connectivity index (χ4v) is 0.789. The first-order chi connectivity index (χ1) is 5.56. The molecule has 1 atom stereocenters. The van der Waals surface area contributed by atoms with Crippen molar-refractivity contribution in [1.29, 1.82) is 0 Å². The molecule has 0 radical (unpaired) electrons. The van der Waals surface area contributed by atoms with Crippen molar-refractivity contribution < 1.29 is 4.79 Å². The predicted octanol–water partition coefficient (Wildman–Crippen LogP) is 1.14. The highest BCUT2D eigenvalue weighted by Crippen LogP contribution is 1.98. The summed E-state index contributed by atoms with van der Waals surface area (Å²) in [7, 11) is 0. The number of nitrogens with two attached hydrogens (primary N) is 1. The number of hydrogen-bond acceptors (Lipinski definition) is 2. The van der Waals surface area contributed by atoms with Crippen molar-refractivity contribution in [3.8, 4) is 0 Å². The topological polar surface area (TPSA) is 55.1 Å².